The van der Waals surface area contributed by atoms with Gasteiger partial charge in [0.15, 0.2) is 0 Å². The van der Waals surface area contributed by atoms with Crippen molar-refractivity contribution in [3.63, 3.8) is 0 Å². The van der Waals surface area contributed by atoms with Crippen LogP contribution in [0, 0.1) is 21.4 Å². The molecule has 0 unspecified atom stereocenters. The molecule has 2 aliphatic carbocycles. The number of benzene rings is 3. The van der Waals surface area contributed by atoms with E-state index >= 15 is 0 Å². The number of H-pyrrole nitrogens is 1. The van der Waals surface area contributed by atoms with E-state index < -0.39 is 31.4 Å². The van der Waals surface area contributed by atoms with Crippen molar-refractivity contribution in [2.24, 2.45) is 11.3 Å². The number of aliphatic hydroxyl groups excluding tert-OH is 1. The molecule has 66 heavy (non-hydrogen) atoms. The van der Waals surface area contributed by atoms with Crippen molar-refractivity contribution in [3.05, 3.63) is 105 Å². The van der Waals surface area contributed by atoms with Crippen molar-refractivity contribution in [1.29, 1.82) is 0 Å². The van der Waals surface area contributed by atoms with E-state index in [0.717, 1.165) is 57.1 Å². The number of thioether (sulfide) groups is 1. The Morgan fingerprint density at radius 2 is 1.83 bits per heavy atom. The van der Waals surface area contributed by atoms with Crippen LogP contribution in [0.25, 0.3) is 11.0 Å². The SMILES string of the molecule is CC(C)c1ccccc1[C@@H]1CCCN1C1CC2(CCN(c3ccc(C(=O)NS(=O)(=O)c4cc5c(c([N+](=O)[O-])c4)S[C@@H](C4CCC(O)CC4)CO5)c(Oc4cnc5[nH]cc(Cl)c5c4)c3)CC2)C1. The summed E-state index contributed by atoms with van der Waals surface area (Å²) >= 11 is 7.73. The first-order valence-electron chi connectivity index (χ1n) is 23.2. The number of carbonyl (C=O) groups is 1. The number of ether oxygens (including phenoxy) is 2. The van der Waals surface area contributed by atoms with Crippen molar-refractivity contribution in [2.45, 2.75) is 117 Å². The van der Waals surface area contributed by atoms with Crippen LogP contribution in [-0.2, 0) is 10.0 Å². The maximum Gasteiger partial charge on any atom is 0.288 e. The molecule has 1 spiro atoms. The molecule has 5 aliphatic rings. The quantitative estimate of drug-likeness (QED) is 0.0844. The number of anilines is 1. The normalized spacial score (nSPS) is 23.4. The highest BCUT2D eigenvalue weighted by Crippen LogP contribution is 2.55. The summed E-state index contributed by atoms with van der Waals surface area (Å²) in [7, 11) is -4.65. The molecular formula is C49H55ClN6O8S2. The van der Waals surface area contributed by atoms with E-state index in [-0.39, 0.29) is 57.0 Å². The number of pyridine rings is 1. The Bertz CT molecular complexity index is 2780. The van der Waals surface area contributed by atoms with Gasteiger partial charge in [-0.25, -0.2) is 18.1 Å². The van der Waals surface area contributed by atoms with Crippen molar-refractivity contribution in [3.8, 4) is 17.2 Å². The van der Waals surface area contributed by atoms with E-state index in [1.165, 1.54) is 60.8 Å². The minimum atomic E-state index is -4.65. The summed E-state index contributed by atoms with van der Waals surface area (Å²) < 4.78 is 42.5. The van der Waals surface area contributed by atoms with Crippen LogP contribution in [0.2, 0.25) is 5.02 Å². The lowest BCUT2D eigenvalue weighted by Gasteiger charge is -2.56. The largest absolute Gasteiger partial charge is 0.491 e. The molecule has 5 heterocycles. The number of amides is 1. The Morgan fingerprint density at radius 1 is 1.06 bits per heavy atom. The number of rotatable bonds is 11. The minimum absolute atomic E-state index is 0.0585. The third-order valence-corrected chi connectivity index (χ3v) is 17.9. The Balaban J connectivity index is 0.865. The number of hydrogen-bond acceptors (Lipinski definition) is 12. The van der Waals surface area contributed by atoms with Crippen LogP contribution in [0.3, 0.4) is 0 Å². The number of sulfonamides is 1. The molecule has 0 radical (unpaired) electrons. The van der Waals surface area contributed by atoms with E-state index in [0.29, 0.717) is 46.9 Å². The van der Waals surface area contributed by atoms with Gasteiger partial charge in [0, 0.05) is 65.9 Å². The zero-order valence-electron chi connectivity index (χ0n) is 37.1. The second kappa shape index (κ2) is 18.0. The molecule has 5 aromatic rings. The molecule has 3 N–H and O–H groups in total. The number of nitro groups is 1. The second-order valence-corrected chi connectivity index (χ2v) is 22.6. The Morgan fingerprint density at radius 3 is 2.59 bits per heavy atom. The lowest BCUT2D eigenvalue weighted by Crippen LogP contribution is -2.54. The number of likely N-dealkylation sites (tertiary alicyclic amines) is 1. The first-order chi connectivity index (χ1) is 31.7. The topological polar surface area (TPSA) is 180 Å². The smallest absolute Gasteiger partial charge is 0.288 e. The van der Waals surface area contributed by atoms with E-state index in [1.54, 1.807) is 30.5 Å². The fraction of sp³-hybridized carbons (Fsp3) is 0.469. The summed E-state index contributed by atoms with van der Waals surface area (Å²) in [6.45, 7) is 7.58. The van der Waals surface area contributed by atoms with Gasteiger partial charge in [-0.3, -0.25) is 19.8 Å². The van der Waals surface area contributed by atoms with Crippen molar-refractivity contribution in [2.75, 3.05) is 31.1 Å². The summed E-state index contributed by atoms with van der Waals surface area (Å²) in [5.41, 5.74) is 4.14. The fourth-order valence-corrected chi connectivity index (χ4v) is 13.8. The molecular weight excluding hydrogens is 900 g/mol. The summed E-state index contributed by atoms with van der Waals surface area (Å²) in [6.07, 6.45) is 12.5. The van der Waals surface area contributed by atoms with Gasteiger partial charge < -0.3 is 24.5 Å². The molecule has 10 rings (SSSR count). The zero-order chi connectivity index (χ0) is 45.9. The summed E-state index contributed by atoms with van der Waals surface area (Å²) in [5.74, 6) is 0.173. The highest BCUT2D eigenvalue weighted by atomic mass is 35.5. The molecule has 1 amide bonds. The Labute approximate surface area is 394 Å². The molecule has 2 aromatic heterocycles. The number of halogens is 1. The molecule has 0 bridgehead atoms. The fourth-order valence-electron chi connectivity index (χ4n) is 11.2. The van der Waals surface area contributed by atoms with Crippen LogP contribution >= 0.6 is 23.4 Å². The van der Waals surface area contributed by atoms with Crippen molar-refractivity contribution < 1.29 is 32.7 Å². The molecule has 3 aliphatic heterocycles. The average Bonchev–Trinajstić information content (AvgIpc) is 3.94. The number of nitrogens with one attached hydrogen (secondary N) is 2. The van der Waals surface area contributed by atoms with E-state index in [9.17, 15) is 28.4 Å². The average molecular weight is 956 g/mol. The first-order valence-corrected chi connectivity index (χ1v) is 25.9. The van der Waals surface area contributed by atoms with E-state index in [1.807, 2.05) is 0 Å². The third kappa shape index (κ3) is 8.75. The van der Waals surface area contributed by atoms with E-state index in [4.69, 9.17) is 21.1 Å². The monoisotopic (exact) mass is 954 g/mol. The molecule has 14 nitrogen and oxygen atoms in total. The number of aromatic nitrogens is 2. The molecule has 2 atom stereocenters. The number of nitro benzene ring substituents is 1. The maximum atomic E-state index is 14.1. The van der Waals surface area contributed by atoms with E-state index in [2.05, 4.69) is 62.6 Å². The molecule has 2 saturated carbocycles. The number of aromatic amines is 1. The van der Waals surface area contributed by atoms with Gasteiger partial charge in [0.05, 0.1) is 32.7 Å². The highest BCUT2D eigenvalue weighted by molar-refractivity contribution is 8.00. The predicted octanol–water partition coefficient (Wildman–Crippen LogP) is 10.1. The van der Waals surface area contributed by atoms with Gasteiger partial charge >= 0.3 is 0 Å². The standard InChI is InChI=1S/C49H55ClN6O8S2/c1-29(2)36-6-3-4-7-37(36)41-8-5-17-55(41)32-24-49(25-32)15-18-54(19-16-49)31-11-14-38(43(20-31)64-34-21-39-40(50)27-52-47(39)51-26-34)48(58)53-66(61,62)35-22-42(56(59)60)46-44(23-35)63-28-45(65-46)30-9-12-33(57)13-10-30/h3-4,6-7,11,14,20-23,26-27,29-30,32-33,41,45,57H,5,8-10,12-13,15-19,24-25,28H2,1-2H3,(H,51,52)(H,53,58)/t30?,33?,41-,45+/m0/s1. The van der Waals surface area contributed by atoms with Gasteiger partial charge in [-0.15, -0.1) is 11.8 Å². The van der Waals surface area contributed by atoms with Gasteiger partial charge in [0.1, 0.15) is 34.4 Å². The summed E-state index contributed by atoms with van der Waals surface area (Å²) in [4.78, 5) is 38.1. The number of piperidine rings is 1. The number of aliphatic hydroxyl groups is 1. The molecule has 348 valence electrons. The molecule has 3 aromatic carbocycles. The van der Waals surface area contributed by atoms with Crippen molar-refractivity contribution in [1.82, 2.24) is 19.6 Å². The summed E-state index contributed by atoms with van der Waals surface area (Å²) in [5, 5.41) is 23.4. The van der Waals surface area contributed by atoms with Crippen LogP contribution in [0.5, 0.6) is 17.2 Å². The van der Waals surface area contributed by atoms with Crippen molar-refractivity contribution >= 4 is 61.7 Å². The number of fused-ring (bicyclic) bond motifs is 2. The first kappa shape index (κ1) is 44.9. The van der Waals surface area contributed by atoms with Gasteiger partial charge in [-0.05, 0) is 117 Å². The Hall–Kier alpha value is -4.87. The van der Waals surface area contributed by atoms with Gasteiger partial charge in [-0.2, -0.15) is 0 Å². The lowest BCUT2D eigenvalue weighted by atomic mass is 9.59. The maximum absolute atomic E-state index is 14.1. The molecule has 17 heteroatoms. The number of carbonyl (C=O) groups excluding carboxylic acids is 1. The molecule has 2 saturated heterocycles. The lowest BCUT2D eigenvalue weighted by molar-refractivity contribution is -0.388. The second-order valence-electron chi connectivity index (χ2n) is 19.2. The third-order valence-electron chi connectivity index (χ3n) is 14.8. The molecule has 4 fully saturated rings. The van der Waals surface area contributed by atoms with Crippen LogP contribution in [0.15, 0.2) is 82.8 Å². The van der Waals surface area contributed by atoms with Crippen LogP contribution < -0.4 is 19.1 Å². The summed E-state index contributed by atoms with van der Waals surface area (Å²) in [6, 6.07) is 19.0. The Kier molecular flexibility index (Phi) is 12.2. The van der Waals surface area contributed by atoms with Crippen LogP contribution in [0.4, 0.5) is 11.4 Å². The van der Waals surface area contributed by atoms with Crippen LogP contribution in [0.1, 0.15) is 112 Å². The van der Waals surface area contributed by atoms with Crippen LogP contribution in [-0.4, -0.2) is 82.9 Å². The minimum Gasteiger partial charge on any atom is -0.491 e. The van der Waals surface area contributed by atoms with Gasteiger partial charge in [-0.1, -0.05) is 49.7 Å². The number of nitrogens with zero attached hydrogens (tertiary/aromatic N) is 4. The zero-order valence-corrected chi connectivity index (χ0v) is 39.5. The van der Waals surface area contributed by atoms with Gasteiger partial charge in [0.2, 0.25) is 0 Å². The highest BCUT2D eigenvalue weighted by Gasteiger charge is 2.50. The van der Waals surface area contributed by atoms with Gasteiger partial charge in [0.25, 0.3) is 21.6 Å². The predicted molar refractivity (Wildman–Crippen MR) is 255 cm³/mol. The number of hydrogen-bond donors (Lipinski definition) is 3.